The van der Waals surface area contributed by atoms with Gasteiger partial charge in [-0.15, -0.1) is 0 Å². The van der Waals surface area contributed by atoms with Crippen LogP contribution in [0.3, 0.4) is 0 Å². The first kappa shape index (κ1) is 18.3. The topological polar surface area (TPSA) is 69.6 Å². The van der Waals surface area contributed by atoms with Crippen molar-refractivity contribution in [3.8, 4) is 0 Å². The highest BCUT2D eigenvalue weighted by Crippen LogP contribution is 2.35. The van der Waals surface area contributed by atoms with E-state index in [4.69, 9.17) is 0 Å². The Kier molecular flexibility index (Phi) is 5.69. The van der Waals surface area contributed by atoms with E-state index < -0.39 is 5.60 Å². The van der Waals surface area contributed by atoms with Gasteiger partial charge in [-0.05, 0) is 45.8 Å². The van der Waals surface area contributed by atoms with E-state index in [1.165, 1.54) is 0 Å². The molecule has 0 bridgehead atoms. The molecular weight excluding hydrogens is 316 g/mol. The molecule has 138 valence electrons. The zero-order valence-corrected chi connectivity index (χ0v) is 15.4. The van der Waals surface area contributed by atoms with Gasteiger partial charge in [-0.2, -0.15) is 0 Å². The molecule has 25 heavy (non-hydrogen) atoms. The van der Waals surface area contributed by atoms with Crippen LogP contribution in [0.5, 0.6) is 0 Å². The Morgan fingerprint density at radius 3 is 2.80 bits per heavy atom. The molecule has 1 amide bonds. The van der Waals surface area contributed by atoms with E-state index in [-0.39, 0.29) is 18.4 Å². The average Bonchev–Trinajstić information content (AvgIpc) is 3.04. The van der Waals surface area contributed by atoms with Crippen LogP contribution in [0.2, 0.25) is 0 Å². The molecule has 1 aliphatic carbocycles. The Bertz CT molecular complexity index is 599. The third-order valence-corrected chi connectivity index (χ3v) is 5.35. The first-order chi connectivity index (χ1) is 12.0. The molecular formula is C19H30N4O2. The van der Waals surface area contributed by atoms with Crippen molar-refractivity contribution < 1.29 is 9.90 Å². The second-order valence-corrected chi connectivity index (χ2v) is 7.85. The van der Waals surface area contributed by atoms with Crippen LogP contribution < -0.4 is 0 Å². The predicted octanol–water partition coefficient (Wildman–Crippen LogP) is 2.29. The summed E-state index contributed by atoms with van der Waals surface area (Å²) in [5, 5.41) is 10.7. The van der Waals surface area contributed by atoms with Crippen LogP contribution in [0.4, 0.5) is 0 Å². The molecule has 0 spiro atoms. The normalized spacial score (nSPS) is 23.2. The zero-order valence-electron chi connectivity index (χ0n) is 15.4. The summed E-state index contributed by atoms with van der Waals surface area (Å²) in [4.78, 5) is 26.0. The van der Waals surface area contributed by atoms with Gasteiger partial charge in [-0.25, -0.2) is 9.97 Å². The quantitative estimate of drug-likeness (QED) is 0.886. The van der Waals surface area contributed by atoms with Gasteiger partial charge in [0.25, 0.3) is 0 Å². The Balaban J connectivity index is 1.70. The monoisotopic (exact) mass is 346 g/mol. The number of amides is 1. The van der Waals surface area contributed by atoms with E-state index >= 15 is 0 Å². The van der Waals surface area contributed by atoms with Crippen LogP contribution in [0.25, 0.3) is 0 Å². The van der Waals surface area contributed by atoms with Gasteiger partial charge in [-0.3, -0.25) is 4.79 Å². The molecule has 1 atom stereocenters. The molecule has 1 N–H and O–H groups in total. The summed E-state index contributed by atoms with van der Waals surface area (Å²) in [6.45, 7) is 1.50. The van der Waals surface area contributed by atoms with Gasteiger partial charge in [0.15, 0.2) is 5.82 Å². The number of rotatable bonds is 5. The van der Waals surface area contributed by atoms with Crippen molar-refractivity contribution in [1.82, 2.24) is 19.8 Å². The fraction of sp³-hybridized carbons (Fsp3) is 0.737. The minimum atomic E-state index is -0.809. The number of hydrogen-bond donors (Lipinski definition) is 1. The second kappa shape index (κ2) is 7.79. The first-order valence-electron chi connectivity index (χ1n) is 9.45. The van der Waals surface area contributed by atoms with E-state index in [9.17, 15) is 9.90 Å². The van der Waals surface area contributed by atoms with Crippen LogP contribution in [0.15, 0.2) is 12.3 Å². The molecule has 1 aliphatic heterocycles. The average molecular weight is 346 g/mol. The van der Waals surface area contributed by atoms with Crippen molar-refractivity contribution in [2.24, 2.45) is 0 Å². The summed E-state index contributed by atoms with van der Waals surface area (Å²) >= 11 is 0. The summed E-state index contributed by atoms with van der Waals surface area (Å²) in [5.74, 6) is 0.786. The lowest BCUT2D eigenvalue weighted by atomic mass is 9.82. The number of likely N-dealkylation sites (tertiary alicyclic amines) is 1. The third kappa shape index (κ3) is 4.55. The maximum absolute atomic E-state index is 12.9. The van der Waals surface area contributed by atoms with Crippen molar-refractivity contribution in [3.63, 3.8) is 0 Å². The van der Waals surface area contributed by atoms with Crippen LogP contribution in [-0.2, 0) is 11.3 Å². The molecule has 0 radical (unpaired) electrons. The van der Waals surface area contributed by atoms with Crippen molar-refractivity contribution in [2.75, 3.05) is 20.6 Å². The second-order valence-electron chi connectivity index (χ2n) is 7.85. The summed E-state index contributed by atoms with van der Waals surface area (Å²) < 4.78 is 0. The Labute approximate surface area is 150 Å². The minimum Gasteiger partial charge on any atom is -0.389 e. The van der Waals surface area contributed by atoms with Gasteiger partial charge >= 0.3 is 0 Å². The minimum absolute atomic E-state index is 0.0495. The smallest absolute Gasteiger partial charge is 0.226 e. The van der Waals surface area contributed by atoms with E-state index in [1.54, 1.807) is 6.20 Å². The number of carbonyl (C=O) groups is 1. The highest BCUT2D eigenvalue weighted by atomic mass is 16.3. The lowest BCUT2D eigenvalue weighted by Gasteiger charge is -2.34. The number of aromatic nitrogens is 2. The molecule has 0 unspecified atom stereocenters. The number of carbonyl (C=O) groups excluding carboxylic acids is 1. The fourth-order valence-corrected chi connectivity index (χ4v) is 4.09. The van der Waals surface area contributed by atoms with Crippen LogP contribution >= 0.6 is 0 Å². The lowest BCUT2D eigenvalue weighted by Crippen LogP contribution is -2.40. The van der Waals surface area contributed by atoms with Crippen molar-refractivity contribution in [1.29, 1.82) is 0 Å². The van der Waals surface area contributed by atoms with Crippen LogP contribution in [0, 0.1) is 0 Å². The Hall–Kier alpha value is -1.53. The van der Waals surface area contributed by atoms with Gasteiger partial charge in [0.1, 0.15) is 0 Å². The summed E-state index contributed by atoms with van der Waals surface area (Å²) in [6, 6.07) is 1.87. The maximum atomic E-state index is 12.9. The highest BCUT2D eigenvalue weighted by Gasteiger charge is 2.37. The maximum Gasteiger partial charge on any atom is 0.226 e. The summed E-state index contributed by atoms with van der Waals surface area (Å²) in [6.07, 6.45) is 8.57. The molecule has 3 rings (SSSR count). The van der Waals surface area contributed by atoms with Crippen LogP contribution in [0.1, 0.15) is 68.9 Å². The molecule has 1 saturated carbocycles. The number of nitrogens with zero attached hydrogens (tertiary/aromatic N) is 4. The first-order valence-corrected chi connectivity index (χ1v) is 9.45. The Morgan fingerprint density at radius 2 is 2.08 bits per heavy atom. The summed E-state index contributed by atoms with van der Waals surface area (Å²) in [7, 11) is 4.02. The van der Waals surface area contributed by atoms with Crippen molar-refractivity contribution in [2.45, 2.75) is 69.6 Å². The third-order valence-electron chi connectivity index (χ3n) is 5.35. The molecule has 6 heteroatoms. The van der Waals surface area contributed by atoms with Crippen LogP contribution in [-0.4, -0.2) is 57.0 Å². The summed E-state index contributed by atoms with van der Waals surface area (Å²) in [5.41, 5.74) is 0.163. The van der Waals surface area contributed by atoms with Gasteiger partial charge in [-0.1, -0.05) is 19.3 Å². The molecule has 2 heterocycles. The van der Waals surface area contributed by atoms with Crippen molar-refractivity contribution >= 4 is 5.91 Å². The lowest BCUT2D eigenvalue weighted by molar-refractivity contribution is -0.138. The van der Waals surface area contributed by atoms with E-state index in [0.29, 0.717) is 0 Å². The van der Waals surface area contributed by atoms with Gasteiger partial charge in [0.05, 0.1) is 23.8 Å². The molecule has 1 saturated heterocycles. The molecule has 1 aromatic rings. The van der Waals surface area contributed by atoms with Gasteiger partial charge in [0.2, 0.25) is 5.91 Å². The highest BCUT2D eigenvalue weighted by molar-refractivity contribution is 5.78. The molecule has 1 aromatic heterocycles. The molecule has 0 aromatic carbocycles. The Morgan fingerprint density at radius 1 is 1.32 bits per heavy atom. The molecule has 6 nitrogen and oxygen atoms in total. The SMILES string of the molecule is CN(C)Cc1ccnc([C@@H]2CCCN2C(=O)CC2(O)CCCCC2)n1. The van der Waals surface area contributed by atoms with Gasteiger partial charge in [0, 0.05) is 19.3 Å². The molecule has 2 aliphatic rings. The van der Waals surface area contributed by atoms with Gasteiger partial charge < -0.3 is 14.9 Å². The predicted molar refractivity (Wildman–Crippen MR) is 95.8 cm³/mol. The number of aliphatic hydroxyl groups is 1. The molecule has 2 fully saturated rings. The van der Waals surface area contributed by atoms with E-state index in [0.717, 1.165) is 69.6 Å². The van der Waals surface area contributed by atoms with E-state index in [2.05, 4.69) is 14.9 Å². The largest absolute Gasteiger partial charge is 0.389 e. The van der Waals surface area contributed by atoms with Crippen molar-refractivity contribution in [3.05, 3.63) is 23.8 Å². The number of hydrogen-bond acceptors (Lipinski definition) is 5. The fourth-order valence-electron chi connectivity index (χ4n) is 4.09. The van der Waals surface area contributed by atoms with E-state index in [1.807, 2.05) is 25.1 Å². The zero-order chi connectivity index (χ0) is 17.9. The standard InChI is InChI=1S/C19H30N4O2/c1-22(2)14-15-8-11-20-18(21-15)16-7-6-12-23(16)17(24)13-19(25)9-4-3-5-10-19/h8,11,16,25H,3-7,9-10,12-14H2,1-2H3/t16-/m0/s1.